The van der Waals surface area contributed by atoms with Gasteiger partial charge in [0.2, 0.25) is 10.0 Å². The molecule has 1 aromatic carbocycles. The van der Waals surface area contributed by atoms with Gasteiger partial charge in [0.1, 0.15) is 6.04 Å². The largest absolute Gasteiger partial charge is 0.242 e. The van der Waals surface area contributed by atoms with Crippen LogP contribution < -0.4 is 4.72 Å². The van der Waals surface area contributed by atoms with Crippen molar-refractivity contribution >= 4 is 10.0 Å². The lowest BCUT2D eigenvalue weighted by Gasteiger charge is -2.26. The zero-order valence-electron chi connectivity index (χ0n) is 12.9. The van der Waals surface area contributed by atoms with Crippen LogP contribution in [0.3, 0.4) is 0 Å². The first-order chi connectivity index (χ1) is 8.99. The number of aryl methyl sites for hydroxylation is 3. The van der Waals surface area contributed by atoms with Gasteiger partial charge in [-0.1, -0.05) is 38.5 Å². The Bertz CT molecular complexity index is 626. The van der Waals surface area contributed by atoms with E-state index < -0.39 is 21.5 Å². The number of rotatable bonds is 3. The van der Waals surface area contributed by atoms with Crippen LogP contribution in [0.1, 0.15) is 37.5 Å². The molecule has 0 aliphatic heterocycles. The molecule has 0 fully saturated rings. The van der Waals surface area contributed by atoms with E-state index in [1.165, 1.54) is 0 Å². The van der Waals surface area contributed by atoms with Gasteiger partial charge < -0.3 is 0 Å². The molecular weight excluding hydrogens is 272 g/mol. The van der Waals surface area contributed by atoms with E-state index in [9.17, 15) is 13.7 Å². The molecule has 0 radical (unpaired) electrons. The van der Waals surface area contributed by atoms with Crippen LogP contribution >= 0.6 is 0 Å². The first-order valence-electron chi connectivity index (χ1n) is 6.49. The van der Waals surface area contributed by atoms with Crippen LogP contribution in [0, 0.1) is 37.5 Å². The van der Waals surface area contributed by atoms with Crippen LogP contribution in [-0.4, -0.2) is 14.5 Å². The number of sulfonamides is 1. The van der Waals surface area contributed by atoms with Gasteiger partial charge in [0.25, 0.3) is 0 Å². The molecular formula is C15H22N2O2S. The van der Waals surface area contributed by atoms with E-state index in [0.717, 1.165) is 5.56 Å². The van der Waals surface area contributed by atoms with Gasteiger partial charge in [-0.3, -0.25) is 0 Å². The molecule has 1 atom stereocenters. The van der Waals surface area contributed by atoms with Crippen molar-refractivity contribution in [2.24, 2.45) is 5.41 Å². The predicted octanol–water partition coefficient (Wildman–Crippen LogP) is 2.83. The molecule has 0 heterocycles. The minimum absolute atomic E-state index is 0.271. The number of nitrogens with zero attached hydrogens (tertiary/aromatic N) is 1. The average molecular weight is 294 g/mol. The fourth-order valence-corrected chi connectivity index (χ4v) is 4.00. The Hall–Kier alpha value is -1.38. The van der Waals surface area contributed by atoms with Crippen molar-refractivity contribution in [1.82, 2.24) is 4.72 Å². The maximum Gasteiger partial charge on any atom is 0.242 e. The average Bonchev–Trinajstić information content (AvgIpc) is 2.22. The molecule has 1 unspecified atom stereocenters. The predicted molar refractivity (Wildman–Crippen MR) is 79.8 cm³/mol. The Kier molecular flexibility index (Phi) is 4.62. The normalized spacial score (nSPS) is 13.8. The van der Waals surface area contributed by atoms with Crippen LogP contribution in [0.5, 0.6) is 0 Å². The zero-order valence-corrected chi connectivity index (χ0v) is 13.7. The van der Waals surface area contributed by atoms with E-state index in [1.807, 2.05) is 45.9 Å². The maximum absolute atomic E-state index is 12.5. The smallest absolute Gasteiger partial charge is 0.207 e. The summed E-state index contributed by atoms with van der Waals surface area (Å²) >= 11 is 0. The lowest BCUT2D eigenvalue weighted by molar-refractivity contribution is 0.350. The van der Waals surface area contributed by atoms with Crippen LogP contribution in [0.25, 0.3) is 0 Å². The molecule has 1 rings (SSSR count). The highest BCUT2D eigenvalue weighted by atomic mass is 32.2. The minimum Gasteiger partial charge on any atom is -0.207 e. The summed E-state index contributed by atoms with van der Waals surface area (Å²) < 4.78 is 27.6. The Morgan fingerprint density at radius 2 is 1.60 bits per heavy atom. The second kappa shape index (κ2) is 5.55. The third-order valence-corrected chi connectivity index (χ3v) is 4.87. The topological polar surface area (TPSA) is 70.0 Å². The summed E-state index contributed by atoms with van der Waals surface area (Å²) in [4.78, 5) is 0.271. The number of hydrogen-bond donors (Lipinski definition) is 1. The van der Waals surface area contributed by atoms with Crippen molar-refractivity contribution in [2.45, 2.75) is 52.5 Å². The number of nitriles is 1. The molecule has 0 saturated carbocycles. The molecule has 20 heavy (non-hydrogen) atoms. The molecule has 110 valence electrons. The summed E-state index contributed by atoms with van der Waals surface area (Å²) in [7, 11) is -3.71. The van der Waals surface area contributed by atoms with Gasteiger partial charge in [-0.25, -0.2) is 8.42 Å². The van der Waals surface area contributed by atoms with Gasteiger partial charge in [0.05, 0.1) is 11.0 Å². The highest BCUT2D eigenvalue weighted by molar-refractivity contribution is 7.89. The SMILES string of the molecule is Cc1cc(C)c(S(=O)(=O)NC(C#N)C(C)(C)C)c(C)c1. The van der Waals surface area contributed by atoms with Gasteiger partial charge in [-0.2, -0.15) is 9.98 Å². The molecule has 0 aromatic heterocycles. The first-order valence-corrected chi connectivity index (χ1v) is 7.97. The summed E-state index contributed by atoms with van der Waals surface area (Å²) in [5.41, 5.74) is 1.95. The van der Waals surface area contributed by atoms with Crippen molar-refractivity contribution in [2.75, 3.05) is 0 Å². The van der Waals surface area contributed by atoms with Crippen molar-refractivity contribution in [1.29, 1.82) is 5.26 Å². The quantitative estimate of drug-likeness (QED) is 0.932. The van der Waals surface area contributed by atoms with Crippen LogP contribution in [-0.2, 0) is 10.0 Å². The molecule has 0 aliphatic rings. The molecule has 0 bridgehead atoms. The van der Waals surface area contributed by atoms with Crippen molar-refractivity contribution in [3.63, 3.8) is 0 Å². The second-order valence-corrected chi connectivity index (χ2v) is 7.93. The standard InChI is InChI=1S/C15H22N2O2S/c1-10-7-11(2)14(12(3)8-10)20(18,19)17-13(9-16)15(4,5)6/h7-8,13,17H,1-6H3. The van der Waals surface area contributed by atoms with Crippen molar-refractivity contribution in [3.05, 3.63) is 28.8 Å². The number of nitrogens with one attached hydrogen (secondary N) is 1. The Morgan fingerprint density at radius 3 is 1.95 bits per heavy atom. The van der Waals surface area contributed by atoms with E-state index in [4.69, 9.17) is 0 Å². The molecule has 0 spiro atoms. The maximum atomic E-state index is 12.5. The van der Waals surface area contributed by atoms with Crippen molar-refractivity contribution in [3.8, 4) is 6.07 Å². The summed E-state index contributed by atoms with van der Waals surface area (Å²) in [6, 6.07) is 4.92. The second-order valence-electron chi connectivity index (χ2n) is 6.28. The molecule has 1 aromatic rings. The van der Waals surface area contributed by atoms with Gasteiger partial charge >= 0.3 is 0 Å². The van der Waals surface area contributed by atoms with Gasteiger partial charge in [-0.15, -0.1) is 0 Å². The van der Waals surface area contributed by atoms with Crippen LogP contribution in [0.2, 0.25) is 0 Å². The highest BCUT2D eigenvalue weighted by Gasteiger charge is 2.31. The van der Waals surface area contributed by atoms with Gasteiger partial charge in [-0.05, 0) is 37.3 Å². The van der Waals surface area contributed by atoms with Gasteiger partial charge in [0, 0.05) is 0 Å². The third kappa shape index (κ3) is 3.59. The van der Waals surface area contributed by atoms with E-state index in [-0.39, 0.29) is 4.90 Å². The lowest BCUT2D eigenvalue weighted by atomic mass is 9.88. The minimum atomic E-state index is -3.71. The van der Waals surface area contributed by atoms with Gasteiger partial charge in [0.15, 0.2) is 0 Å². The van der Waals surface area contributed by atoms with Crippen LogP contribution in [0.15, 0.2) is 17.0 Å². The summed E-state index contributed by atoms with van der Waals surface area (Å²) in [6.45, 7) is 11.0. The molecule has 1 N–H and O–H groups in total. The summed E-state index contributed by atoms with van der Waals surface area (Å²) in [5.74, 6) is 0. The molecule has 0 aliphatic carbocycles. The Labute approximate surface area is 121 Å². The van der Waals surface area contributed by atoms with E-state index in [0.29, 0.717) is 11.1 Å². The highest BCUT2D eigenvalue weighted by Crippen LogP contribution is 2.25. The molecule has 4 nitrogen and oxygen atoms in total. The fraction of sp³-hybridized carbons (Fsp3) is 0.533. The summed E-state index contributed by atoms with van der Waals surface area (Å²) in [5, 5.41) is 9.18. The van der Waals surface area contributed by atoms with E-state index in [2.05, 4.69) is 4.72 Å². The Morgan fingerprint density at radius 1 is 1.15 bits per heavy atom. The Balaban J connectivity index is 3.30. The van der Waals surface area contributed by atoms with Crippen LogP contribution in [0.4, 0.5) is 0 Å². The molecule has 0 saturated heterocycles. The van der Waals surface area contributed by atoms with E-state index >= 15 is 0 Å². The third-order valence-electron chi connectivity index (χ3n) is 3.14. The molecule has 5 heteroatoms. The fourth-order valence-electron chi connectivity index (χ4n) is 2.20. The number of hydrogen-bond acceptors (Lipinski definition) is 3. The monoisotopic (exact) mass is 294 g/mol. The van der Waals surface area contributed by atoms with Crippen molar-refractivity contribution < 1.29 is 8.42 Å². The number of benzene rings is 1. The summed E-state index contributed by atoms with van der Waals surface area (Å²) in [6.07, 6.45) is 0. The zero-order chi connectivity index (χ0) is 15.7. The van der Waals surface area contributed by atoms with E-state index in [1.54, 1.807) is 13.8 Å². The molecule has 0 amide bonds. The first kappa shape index (κ1) is 16.7. The lowest BCUT2D eigenvalue weighted by Crippen LogP contribution is -2.42.